The Hall–Kier alpha value is -1.37. The maximum atomic E-state index is 5.36. The van der Waals surface area contributed by atoms with E-state index in [2.05, 4.69) is 67.0 Å². The summed E-state index contributed by atoms with van der Waals surface area (Å²) < 4.78 is 0. The molecule has 0 aliphatic rings. The lowest BCUT2D eigenvalue weighted by Gasteiger charge is -2.21. The molecule has 0 atom stereocenters. The number of terminal acetylenes is 1. The second kappa shape index (κ2) is 7.28. The Labute approximate surface area is 117 Å². The number of rotatable bonds is 6. The van der Waals surface area contributed by atoms with Crippen molar-refractivity contribution in [3.8, 4) is 12.3 Å². The summed E-state index contributed by atoms with van der Waals surface area (Å²) in [5.74, 6) is 2.68. The van der Waals surface area contributed by atoms with Crippen LogP contribution in [0.25, 0.3) is 0 Å². The molecule has 104 valence electrons. The van der Waals surface area contributed by atoms with Gasteiger partial charge in [-0.1, -0.05) is 18.9 Å². The molecule has 19 heavy (non-hydrogen) atoms. The molecule has 0 radical (unpaired) electrons. The van der Waals surface area contributed by atoms with Crippen molar-refractivity contribution in [3.63, 3.8) is 0 Å². The summed E-state index contributed by atoms with van der Waals surface area (Å²) in [6.45, 7) is 11.8. The molecule has 3 heteroatoms. The highest BCUT2D eigenvalue weighted by Crippen LogP contribution is 2.06. The van der Waals surface area contributed by atoms with Crippen molar-refractivity contribution in [2.24, 2.45) is 0 Å². The molecule has 1 heterocycles. The van der Waals surface area contributed by atoms with Gasteiger partial charge < -0.3 is 5.32 Å². The highest BCUT2D eigenvalue weighted by molar-refractivity contribution is 5.11. The van der Waals surface area contributed by atoms with Crippen LogP contribution in [0.3, 0.4) is 0 Å². The van der Waals surface area contributed by atoms with Crippen LogP contribution in [0.2, 0.25) is 0 Å². The minimum atomic E-state index is 0.108. The van der Waals surface area contributed by atoms with Gasteiger partial charge >= 0.3 is 0 Å². The van der Waals surface area contributed by atoms with Crippen LogP contribution in [0.15, 0.2) is 18.2 Å². The number of nitrogens with zero attached hydrogens (tertiary/aromatic N) is 2. The summed E-state index contributed by atoms with van der Waals surface area (Å²) in [6.07, 6.45) is 5.36. The monoisotopic (exact) mass is 259 g/mol. The first-order valence-electron chi connectivity index (χ1n) is 6.80. The van der Waals surface area contributed by atoms with Gasteiger partial charge in [-0.2, -0.15) is 0 Å². The average Bonchev–Trinajstić information content (AvgIpc) is 2.35. The molecule has 0 aliphatic heterocycles. The molecule has 0 saturated heterocycles. The summed E-state index contributed by atoms with van der Waals surface area (Å²) in [5, 5.41) is 3.45. The van der Waals surface area contributed by atoms with E-state index in [-0.39, 0.29) is 5.54 Å². The van der Waals surface area contributed by atoms with Gasteiger partial charge in [0.25, 0.3) is 0 Å². The number of pyridine rings is 1. The zero-order valence-electron chi connectivity index (χ0n) is 12.5. The molecule has 1 N–H and O–H groups in total. The Balaban J connectivity index is 2.64. The van der Waals surface area contributed by atoms with Crippen molar-refractivity contribution in [1.29, 1.82) is 0 Å². The lowest BCUT2D eigenvalue weighted by atomic mass is 10.1. The smallest absolute Gasteiger partial charge is 0.0602 e. The summed E-state index contributed by atoms with van der Waals surface area (Å²) in [4.78, 5) is 6.87. The lowest BCUT2D eigenvalue weighted by Crippen LogP contribution is -2.35. The van der Waals surface area contributed by atoms with E-state index in [1.807, 2.05) is 0 Å². The minimum Gasteiger partial charge on any atom is -0.306 e. The zero-order chi connectivity index (χ0) is 14.3. The quantitative estimate of drug-likeness (QED) is 0.795. The van der Waals surface area contributed by atoms with E-state index in [1.165, 1.54) is 0 Å². The van der Waals surface area contributed by atoms with Gasteiger partial charge in [0, 0.05) is 18.6 Å². The van der Waals surface area contributed by atoms with Crippen LogP contribution in [-0.2, 0) is 13.1 Å². The average molecular weight is 259 g/mol. The van der Waals surface area contributed by atoms with Gasteiger partial charge in [0.15, 0.2) is 0 Å². The van der Waals surface area contributed by atoms with Gasteiger partial charge in [-0.3, -0.25) is 9.88 Å². The zero-order valence-corrected chi connectivity index (χ0v) is 12.5. The Kier molecular flexibility index (Phi) is 6.01. The van der Waals surface area contributed by atoms with Crippen LogP contribution in [-0.4, -0.2) is 28.5 Å². The van der Waals surface area contributed by atoms with Gasteiger partial charge in [0.05, 0.1) is 17.9 Å². The molecule has 0 saturated carbocycles. The largest absolute Gasteiger partial charge is 0.306 e. The third kappa shape index (κ3) is 6.37. The number of aromatic nitrogens is 1. The second-order valence-corrected chi connectivity index (χ2v) is 5.73. The molecular formula is C16H25N3. The highest BCUT2D eigenvalue weighted by atomic mass is 15.1. The lowest BCUT2D eigenvalue weighted by molar-refractivity contribution is 0.311. The van der Waals surface area contributed by atoms with Crippen molar-refractivity contribution in [2.45, 2.75) is 46.3 Å². The van der Waals surface area contributed by atoms with Crippen molar-refractivity contribution in [1.82, 2.24) is 15.2 Å². The standard InChI is InChI=1S/C16H25N3/c1-6-11-19(7-2)13-15-10-8-9-14(18-15)12-17-16(3,4)5/h1,8-10,17H,7,11-13H2,2-5H3. The third-order valence-electron chi connectivity index (χ3n) is 2.81. The Morgan fingerprint density at radius 3 is 2.58 bits per heavy atom. The second-order valence-electron chi connectivity index (χ2n) is 5.73. The van der Waals surface area contributed by atoms with Gasteiger partial charge in [-0.05, 0) is 39.4 Å². The van der Waals surface area contributed by atoms with Crippen molar-refractivity contribution in [2.75, 3.05) is 13.1 Å². The molecule has 1 rings (SSSR count). The maximum Gasteiger partial charge on any atom is 0.0602 e. The molecule has 3 nitrogen and oxygen atoms in total. The maximum absolute atomic E-state index is 5.36. The Morgan fingerprint density at radius 2 is 2.00 bits per heavy atom. The normalized spacial score (nSPS) is 11.6. The Morgan fingerprint density at radius 1 is 1.32 bits per heavy atom. The van der Waals surface area contributed by atoms with E-state index in [1.54, 1.807) is 0 Å². The van der Waals surface area contributed by atoms with E-state index in [0.29, 0.717) is 6.54 Å². The van der Waals surface area contributed by atoms with Crippen molar-refractivity contribution < 1.29 is 0 Å². The molecule has 0 fully saturated rings. The molecular weight excluding hydrogens is 234 g/mol. The molecule has 1 aromatic rings. The Bertz CT molecular complexity index is 426. The van der Waals surface area contributed by atoms with Crippen LogP contribution in [0.5, 0.6) is 0 Å². The van der Waals surface area contributed by atoms with E-state index in [9.17, 15) is 0 Å². The predicted molar refractivity (Wildman–Crippen MR) is 80.6 cm³/mol. The molecule has 0 aliphatic carbocycles. The van der Waals surface area contributed by atoms with Crippen LogP contribution in [0.4, 0.5) is 0 Å². The summed E-state index contributed by atoms with van der Waals surface area (Å²) in [7, 11) is 0. The molecule has 0 spiro atoms. The molecule has 0 bridgehead atoms. The fourth-order valence-corrected chi connectivity index (χ4v) is 1.71. The number of nitrogens with one attached hydrogen (secondary N) is 1. The van der Waals surface area contributed by atoms with Crippen LogP contribution in [0.1, 0.15) is 39.1 Å². The first-order valence-corrected chi connectivity index (χ1v) is 6.80. The summed E-state index contributed by atoms with van der Waals surface area (Å²) in [6, 6.07) is 6.17. The number of hydrogen-bond donors (Lipinski definition) is 1. The fraction of sp³-hybridized carbons (Fsp3) is 0.562. The van der Waals surface area contributed by atoms with Gasteiger partial charge in [-0.25, -0.2) is 0 Å². The SMILES string of the molecule is C#CCN(CC)Cc1cccc(CNC(C)(C)C)n1. The van der Waals surface area contributed by atoms with E-state index in [4.69, 9.17) is 6.42 Å². The molecule has 0 aromatic carbocycles. The first kappa shape index (κ1) is 15.7. The van der Waals surface area contributed by atoms with Gasteiger partial charge in [-0.15, -0.1) is 6.42 Å². The van der Waals surface area contributed by atoms with Crippen LogP contribution >= 0.6 is 0 Å². The molecule has 1 aromatic heterocycles. The fourth-order valence-electron chi connectivity index (χ4n) is 1.71. The van der Waals surface area contributed by atoms with Gasteiger partial charge in [0.2, 0.25) is 0 Å². The third-order valence-corrected chi connectivity index (χ3v) is 2.81. The molecule has 0 amide bonds. The van der Waals surface area contributed by atoms with Gasteiger partial charge in [0.1, 0.15) is 0 Å². The van der Waals surface area contributed by atoms with E-state index < -0.39 is 0 Å². The highest BCUT2D eigenvalue weighted by Gasteiger charge is 2.09. The summed E-state index contributed by atoms with van der Waals surface area (Å²) >= 11 is 0. The molecule has 0 unspecified atom stereocenters. The first-order chi connectivity index (χ1) is 8.94. The van der Waals surface area contributed by atoms with Crippen LogP contribution in [0, 0.1) is 12.3 Å². The van der Waals surface area contributed by atoms with Crippen LogP contribution < -0.4 is 5.32 Å². The number of hydrogen-bond acceptors (Lipinski definition) is 3. The minimum absolute atomic E-state index is 0.108. The predicted octanol–water partition coefficient (Wildman–Crippen LogP) is 2.42. The van der Waals surface area contributed by atoms with E-state index in [0.717, 1.165) is 31.0 Å². The van der Waals surface area contributed by atoms with E-state index >= 15 is 0 Å². The van der Waals surface area contributed by atoms with Crippen molar-refractivity contribution >= 4 is 0 Å². The van der Waals surface area contributed by atoms with Crippen molar-refractivity contribution in [3.05, 3.63) is 29.6 Å². The topological polar surface area (TPSA) is 28.2 Å². The summed E-state index contributed by atoms with van der Waals surface area (Å²) in [5.41, 5.74) is 2.26.